The van der Waals surface area contributed by atoms with E-state index in [4.69, 9.17) is 0 Å². The number of carboxylic acids is 1. The van der Waals surface area contributed by atoms with Crippen LogP contribution < -0.4 is 0 Å². The summed E-state index contributed by atoms with van der Waals surface area (Å²) >= 11 is 3.90. The average molecular weight is 1270 g/mol. The van der Waals surface area contributed by atoms with Crippen molar-refractivity contribution >= 4 is 46.8 Å². The number of aliphatic hydroxyl groups is 7. The number of ketones is 4. The summed E-state index contributed by atoms with van der Waals surface area (Å²) in [5, 5.41) is 85.3. The minimum absolute atomic E-state index is 0. The van der Waals surface area contributed by atoms with Gasteiger partial charge in [0.05, 0.1) is 18.3 Å². The molecule has 9 fully saturated rings. The maximum Gasteiger partial charge on any atom is 0.336 e. The molecule has 0 saturated heterocycles. The molecule has 0 amide bonds. The largest absolute Gasteiger partial charge is 0.479 e. The first-order valence-electron chi connectivity index (χ1n) is 29.7. The second-order valence-corrected chi connectivity index (χ2v) is 29.4. The molecule has 22 heteroatoms. The van der Waals surface area contributed by atoms with Crippen LogP contribution in [-0.2, 0) is 47.3 Å². The van der Waals surface area contributed by atoms with E-state index < -0.39 is 197 Å². The number of aliphatic hydroxyl groups excluding tert-OH is 4. The molecule has 9 saturated carbocycles. The first-order valence-corrected chi connectivity index (χ1v) is 30.2. The second kappa shape index (κ2) is 20.8. The monoisotopic (exact) mass is 1270 g/mol. The SMILES string of the molecule is C[C@@H]1CC2C3C[C@H](F)C4=CC(=O)C=C[C@]4(C)[C@@]3(F)[C@@H](O)C[C@]2(C)[C@@]1(O)C(=O)CO.C[C@@H]1CC2C3C[C@H](F)C4=CC(=O)C=C[C@]4(C)[C@@]3(F)[C@@H](O)C[C@]2(C)[C@@]1(O)C(=O)O.C[C@@H]1CC2C3C[C@H](F)C4=CC(=O)C=C[C@]4(C)[C@@]3(F)[C@@H](O)C[C@]2(C)[C@@]1(O)C(=O)S.[V]. The average Bonchev–Trinajstić information content (AvgIpc) is 1.30. The number of allylic oxidation sites excluding steroid dienone is 12. The van der Waals surface area contributed by atoms with E-state index in [0.717, 1.165) is 18.2 Å². The maximum atomic E-state index is 16.9. The van der Waals surface area contributed by atoms with E-state index in [-0.39, 0.29) is 86.6 Å². The zero-order chi connectivity index (χ0) is 63.3. The maximum absolute atomic E-state index is 16.9. The van der Waals surface area contributed by atoms with E-state index in [2.05, 4.69) is 12.6 Å². The Hall–Kier alpha value is -3.51. The summed E-state index contributed by atoms with van der Waals surface area (Å²) in [5.41, 5.74) is -20.5. The molecule has 12 aliphatic rings. The molecule has 12 aliphatic carbocycles. The van der Waals surface area contributed by atoms with Gasteiger partial charge < -0.3 is 40.9 Å². The van der Waals surface area contributed by atoms with Crippen molar-refractivity contribution in [2.45, 2.75) is 191 Å². The molecule has 8 N–H and O–H groups in total. The number of rotatable bonds is 4. The fourth-order valence-corrected chi connectivity index (χ4v) is 21.7. The van der Waals surface area contributed by atoms with E-state index in [9.17, 15) is 69.6 Å². The third-order valence-corrected chi connectivity index (χ3v) is 26.2. The number of carbonyl (C=O) groups is 6. The first kappa shape index (κ1) is 66.9. The summed E-state index contributed by atoms with van der Waals surface area (Å²) in [6.07, 6.45) is 1.34. The third-order valence-electron chi connectivity index (χ3n) is 25.9. The molecular weight excluding hydrogens is 1190 g/mol. The van der Waals surface area contributed by atoms with Gasteiger partial charge in [-0.15, -0.1) is 12.6 Å². The number of fused-ring (bicyclic) bond motifs is 15. The molecule has 0 bridgehead atoms. The van der Waals surface area contributed by atoms with Gasteiger partial charge in [0.25, 0.3) is 0 Å². The van der Waals surface area contributed by atoms with Gasteiger partial charge in [-0.2, -0.15) is 0 Å². The quantitative estimate of drug-likeness (QED) is 0.102. The number of thiol groups is 1. The van der Waals surface area contributed by atoms with Gasteiger partial charge in [0.2, 0.25) is 5.12 Å². The van der Waals surface area contributed by atoms with Crippen LogP contribution in [0.4, 0.5) is 26.3 Å². The molecule has 12 rings (SSSR count). The fraction of sp³-hybridized carbons (Fsp3) is 0.719. The van der Waals surface area contributed by atoms with Crippen LogP contribution in [0.25, 0.3) is 0 Å². The minimum atomic E-state index is -2.26. The van der Waals surface area contributed by atoms with E-state index in [1.807, 2.05) is 0 Å². The van der Waals surface area contributed by atoms with Crippen molar-refractivity contribution in [3.05, 3.63) is 71.4 Å². The van der Waals surface area contributed by atoms with E-state index in [1.54, 1.807) is 41.5 Å². The van der Waals surface area contributed by atoms with Crippen LogP contribution in [0.15, 0.2) is 71.4 Å². The molecule has 0 aliphatic heterocycles. The molecular formula is C64H80F6O14SV. The Morgan fingerprint density at radius 3 is 1.05 bits per heavy atom. The molecule has 0 aromatic carbocycles. The van der Waals surface area contributed by atoms with Crippen LogP contribution in [0, 0.1) is 85.8 Å². The Morgan fingerprint density at radius 2 is 0.767 bits per heavy atom. The Labute approximate surface area is 513 Å². The van der Waals surface area contributed by atoms with Crippen molar-refractivity contribution < 1.29 is 115 Å². The van der Waals surface area contributed by atoms with Gasteiger partial charge in [-0.1, -0.05) is 59.8 Å². The smallest absolute Gasteiger partial charge is 0.336 e. The van der Waals surface area contributed by atoms with Gasteiger partial charge in [0.15, 0.2) is 45.7 Å². The number of hydrogen-bond acceptors (Lipinski definition) is 13. The molecule has 0 heterocycles. The normalized spacial score (nSPS) is 54.1. The van der Waals surface area contributed by atoms with Gasteiger partial charge in [-0.25, -0.2) is 31.1 Å². The standard InChI is InChI=1S/C22H28F2O5.C21H26F2O5.C21H26F2O4S.V/c1-11-6-13-14-8-16(23)15-7-12(26)4-5-19(15,2)21(14,24)17(27)9-20(13,3)22(11,29)18(28)10-25;1-10-6-12-13-8-15(22)14-7-11(24)4-5-18(14,2)20(13,23)16(25)9-19(12,3)21(10,28)17(26)27;1-10-6-12-13-8-15(22)14-7-11(24)4-5-18(14,2)20(13,23)16(25)9-19(12,3)21(10,27)17(26)28;/h4-5,7,11,13-14,16-17,25,27,29H,6,8-10H2,1-3H3;4-5,7,10,12-13,15-16,25,28H,6,8-9H2,1-3H3,(H,26,27);4-5,7,10,12-13,15-16,25,27H,6,8-9H2,1-3H3,(H,26,28);/t11-,13?,14?,16+,17+,19+,20+,21+,22+;2*10-,12?,13?,15+,16+,18+,19+,20+,21+;/m111./s1. The molecule has 27 atom stereocenters. The summed E-state index contributed by atoms with van der Waals surface area (Å²) in [5.74, 6) is -9.60. The molecule has 86 heavy (non-hydrogen) atoms. The number of carboxylic acid groups (broad SMARTS) is 1. The van der Waals surface area contributed by atoms with Crippen molar-refractivity contribution in [3.63, 3.8) is 0 Å². The zero-order valence-electron chi connectivity index (χ0n) is 49.6. The predicted octanol–water partition coefficient (Wildman–Crippen LogP) is 6.95. The summed E-state index contributed by atoms with van der Waals surface area (Å²) in [4.78, 5) is 72.2. The molecule has 1 radical (unpaired) electrons. The summed E-state index contributed by atoms with van der Waals surface area (Å²) in [6, 6.07) is 0. The number of alkyl halides is 6. The van der Waals surface area contributed by atoms with Crippen LogP contribution in [0.2, 0.25) is 0 Å². The second-order valence-electron chi connectivity index (χ2n) is 29.0. The van der Waals surface area contributed by atoms with E-state index in [0.29, 0.717) is 6.42 Å². The van der Waals surface area contributed by atoms with Gasteiger partial charge in [0, 0.05) is 68.8 Å². The molecule has 6 unspecified atom stereocenters. The van der Waals surface area contributed by atoms with E-state index in [1.165, 1.54) is 57.2 Å². The van der Waals surface area contributed by atoms with Crippen LogP contribution in [0.1, 0.15) is 120 Å². The number of carbonyl (C=O) groups excluding carboxylic acids is 5. The van der Waals surface area contributed by atoms with E-state index >= 15 is 26.3 Å². The Morgan fingerprint density at radius 1 is 0.500 bits per heavy atom. The summed E-state index contributed by atoms with van der Waals surface area (Å²) in [6.45, 7) is 13.6. The van der Waals surface area contributed by atoms with Crippen molar-refractivity contribution in [1.29, 1.82) is 0 Å². The van der Waals surface area contributed by atoms with Crippen molar-refractivity contribution in [1.82, 2.24) is 0 Å². The molecule has 14 nitrogen and oxygen atoms in total. The van der Waals surface area contributed by atoms with Crippen LogP contribution in [0.5, 0.6) is 0 Å². The van der Waals surface area contributed by atoms with Crippen molar-refractivity contribution in [3.8, 4) is 0 Å². The number of aliphatic carboxylic acids is 1. The Balaban J connectivity index is 0.000000153. The third kappa shape index (κ3) is 7.92. The van der Waals surface area contributed by atoms with Gasteiger partial charge in [0.1, 0.15) is 36.3 Å². The number of halogens is 6. The minimum Gasteiger partial charge on any atom is -0.479 e. The van der Waals surface area contributed by atoms with Crippen molar-refractivity contribution in [2.24, 2.45) is 85.8 Å². The number of hydrogen-bond donors (Lipinski definition) is 9. The topological polar surface area (TPSA) is 264 Å². The Kier molecular flexibility index (Phi) is 16.1. The first-order chi connectivity index (χ1) is 39.0. The molecule has 0 spiro atoms. The molecule has 0 aromatic heterocycles. The molecule has 0 aromatic rings. The predicted molar refractivity (Wildman–Crippen MR) is 298 cm³/mol. The Bertz CT molecular complexity index is 3010. The zero-order valence-corrected chi connectivity index (χ0v) is 51.9. The van der Waals surface area contributed by atoms with Crippen LogP contribution in [-0.4, -0.2) is 152 Å². The summed E-state index contributed by atoms with van der Waals surface area (Å²) < 4.78 is 96.0. The molecule has 473 valence electrons. The van der Waals surface area contributed by atoms with Gasteiger partial charge in [-0.05, 0) is 167 Å². The fourth-order valence-electron chi connectivity index (χ4n) is 21.2. The van der Waals surface area contributed by atoms with Crippen LogP contribution in [0.3, 0.4) is 0 Å². The van der Waals surface area contributed by atoms with Gasteiger partial charge >= 0.3 is 5.97 Å². The summed E-state index contributed by atoms with van der Waals surface area (Å²) in [7, 11) is 0. The van der Waals surface area contributed by atoms with Crippen molar-refractivity contribution in [2.75, 3.05) is 6.61 Å². The van der Waals surface area contributed by atoms with Gasteiger partial charge in [-0.3, -0.25) is 24.0 Å². The van der Waals surface area contributed by atoms with Crippen LogP contribution >= 0.6 is 12.6 Å². The number of Topliss-reactive ketones (excluding diaryl/α,β-unsaturated/α-hetero) is 1.